The van der Waals surface area contributed by atoms with E-state index in [1.54, 1.807) is 13.8 Å². The molecule has 2 heterocycles. The first kappa shape index (κ1) is 21.7. The fourth-order valence-corrected chi connectivity index (χ4v) is 2.59. The van der Waals surface area contributed by atoms with E-state index < -0.39 is 23.7 Å². The molecule has 2 rings (SSSR count). The third-order valence-electron chi connectivity index (χ3n) is 3.90. The predicted molar refractivity (Wildman–Crippen MR) is 96.7 cm³/mol. The van der Waals surface area contributed by atoms with Gasteiger partial charge in [-0.25, -0.2) is 9.97 Å². The van der Waals surface area contributed by atoms with Crippen LogP contribution >= 0.6 is 11.6 Å². The highest BCUT2D eigenvalue weighted by atomic mass is 35.5. The van der Waals surface area contributed by atoms with Crippen molar-refractivity contribution in [3.05, 3.63) is 46.7 Å². The number of alkyl halides is 3. The minimum absolute atomic E-state index is 0.0273. The molecule has 2 aromatic heterocycles. The maximum absolute atomic E-state index is 12.8. The number of halogens is 4. The molecule has 1 amide bonds. The number of ether oxygens (including phenoxy) is 2. The molecule has 10 heteroatoms. The topological polar surface area (TPSA) is 64.6 Å². The minimum atomic E-state index is -4.47. The summed E-state index contributed by atoms with van der Waals surface area (Å²) < 4.78 is 48.2. The van der Waals surface area contributed by atoms with Crippen molar-refractivity contribution < 1.29 is 27.4 Å². The molecular weight excluding hydrogens is 399 g/mol. The number of rotatable bonds is 7. The van der Waals surface area contributed by atoms with E-state index in [2.05, 4.69) is 9.97 Å². The molecule has 1 unspecified atom stereocenters. The van der Waals surface area contributed by atoms with E-state index >= 15 is 0 Å². The Hall–Kier alpha value is -2.55. The monoisotopic (exact) mass is 417 g/mol. The SMILES string of the molecule is CCN(C(=O)c1nc(OC)ccc1Cl)C(C)COc1ccc(C(F)(F)F)cn1. The molecule has 0 radical (unpaired) electrons. The predicted octanol–water partition coefficient (Wildman–Crippen LogP) is 4.09. The first-order chi connectivity index (χ1) is 13.2. The van der Waals surface area contributed by atoms with Gasteiger partial charge in [0.2, 0.25) is 11.8 Å². The number of nitrogens with zero attached hydrogens (tertiary/aromatic N) is 3. The van der Waals surface area contributed by atoms with Crippen molar-refractivity contribution in [2.45, 2.75) is 26.1 Å². The number of hydrogen-bond donors (Lipinski definition) is 0. The van der Waals surface area contributed by atoms with Gasteiger partial charge in [-0.05, 0) is 26.0 Å². The molecule has 0 N–H and O–H groups in total. The maximum Gasteiger partial charge on any atom is 0.417 e. The van der Waals surface area contributed by atoms with Crippen LogP contribution in [0.25, 0.3) is 0 Å². The highest BCUT2D eigenvalue weighted by Crippen LogP contribution is 2.29. The maximum atomic E-state index is 12.8. The molecule has 0 spiro atoms. The number of hydrogen-bond acceptors (Lipinski definition) is 5. The van der Waals surface area contributed by atoms with Crippen molar-refractivity contribution >= 4 is 17.5 Å². The van der Waals surface area contributed by atoms with Gasteiger partial charge < -0.3 is 14.4 Å². The molecular formula is C18H19ClF3N3O3. The first-order valence-corrected chi connectivity index (χ1v) is 8.72. The lowest BCUT2D eigenvalue weighted by Gasteiger charge is -2.28. The van der Waals surface area contributed by atoms with Crippen LogP contribution in [0.3, 0.4) is 0 Å². The zero-order valence-electron chi connectivity index (χ0n) is 15.5. The summed E-state index contributed by atoms with van der Waals surface area (Å²) in [5.41, 5.74) is -0.820. The molecule has 0 saturated carbocycles. The summed E-state index contributed by atoms with van der Waals surface area (Å²) in [6, 6.07) is 4.66. The van der Waals surface area contributed by atoms with Gasteiger partial charge in [-0.15, -0.1) is 0 Å². The average molecular weight is 418 g/mol. The standard InChI is InChI=1S/C18H19ClF3N3O3/c1-4-25(17(26)16-13(19)6-8-15(24-16)27-3)11(2)10-28-14-7-5-12(9-23-14)18(20,21)22/h5-9,11H,4,10H2,1-3H3. The van der Waals surface area contributed by atoms with Crippen LogP contribution in [0.1, 0.15) is 29.9 Å². The van der Waals surface area contributed by atoms with Crippen molar-refractivity contribution in [1.29, 1.82) is 0 Å². The van der Waals surface area contributed by atoms with Gasteiger partial charge >= 0.3 is 6.18 Å². The second-order valence-electron chi connectivity index (χ2n) is 5.82. The van der Waals surface area contributed by atoms with Crippen LogP contribution in [0.5, 0.6) is 11.8 Å². The smallest absolute Gasteiger partial charge is 0.417 e. The van der Waals surface area contributed by atoms with Gasteiger partial charge in [0.15, 0.2) is 5.69 Å². The lowest BCUT2D eigenvalue weighted by Crippen LogP contribution is -2.42. The second kappa shape index (κ2) is 9.09. The minimum Gasteiger partial charge on any atom is -0.481 e. The largest absolute Gasteiger partial charge is 0.481 e. The van der Waals surface area contributed by atoms with Crippen LogP contribution in [0.15, 0.2) is 30.5 Å². The summed E-state index contributed by atoms with van der Waals surface area (Å²) in [6.07, 6.45) is -3.77. The molecule has 0 saturated heterocycles. The van der Waals surface area contributed by atoms with Crippen molar-refractivity contribution in [1.82, 2.24) is 14.9 Å². The van der Waals surface area contributed by atoms with Gasteiger partial charge in [0.25, 0.3) is 5.91 Å². The number of likely N-dealkylation sites (N-methyl/N-ethyl adjacent to an activating group) is 1. The molecule has 0 aliphatic heterocycles. The Morgan fingerprint density at radius 1 is 1.25 bits per heavy atom. The van der Waals surface area contributed by atoms with Gasteiger partial charge in [0.1, 0.15) is 6.61 Å². The molecule has 28 heavy (non-hydrogen) atoms. The Bertz CT molecular complexity index is 816. The summed E-state index contributed by atoms with van der Waals surface area (Å²) >= 11 is 6.08. The first-order valence-electron chi connectivity index (χ1n) is 8.35. The third kappa shape index (κ3) is 5.25. The summed E-state index contributed by atoms with van der Waals surface area (Å²) in [6.45, 7) is 3.89. The quantitative estimate of drug-likeness (QED) is 0.679. The molecule has 0 bridgehead atoms. The Kier molecular flexibility index (Phi) is 7.06. The lowest BCUT2D eigenvalue weighted by molar-refractivity contribution is -0.137. The van der Waals surface area contributed by atoms with E-state index in [1.807, 2.05) is 0 Å². The highest BCUT2D eigenvalue weighted by Gasteiger charge is 2.31. The van der Waals surface area contributed by atoms with Crippen molar-refractivity contribution in [3.63, 3.8) is 0 Å². The summed E-state index contributed by atoms with van der Waals surface area (Å²) in [4.78, 5) is 22.0. The third-order valence-corrected chi connectivity index (χ3v) is 4.21. The zero-order valence-corrected chi connectivity index (χ0v) is 16.2. The van der Waals surface area contributed by atoms with Crippen LogP contribution in [0, 0.1) is 0 Å². The van der Waals surface area contributed by atoms with Gasteiger partial charge in [-0.2, -0.15) is 13.2 Å². The zero-order chi connectivity index (χ0) is 20.9. The number of pyridine rings is 2. The van der Waals surface area contributed by atoms with E-state index in [-0.39, 0.29) is 29.1 Å². The Morgan fingerprint density at radius 3 is 2.46 bits per heavy atom. The fraction of sp³-hybridized carbons (Fsp3) is 0.389. The van der Waals surface area contributed by atoms with E-state index in [9.17, 15) is 18.0 Å². The van der Waals surface area contributed by atoms with Gasteiger partial charge in [0.05, 0.1) is 23.7 Å². The molecule has 152 valence electrons. The van der Waals surface area contributed by atoms with Crippen LogP contribution < -0.4 is 9.47 Å². The number of carbonyl (C=O) groups excluding carboxylic acids is 1. The van der Waals surface area contributed by atoms with Gasteiger partial charge in [-0.1, -0.05) is 11.6 Å². The molecule has 2 aromatic rings. The number of amides is 1. The van der Waals surface area contributed by atoms with Gasteiger partial charge in [0, 0.05) is 24.9 Å². The van der Waals surface area contributed by atoms with Crippen molar-refractivity contribution in [3.8, 4) is 11.8 Å². The lowest BCUT2D eigenvalue weighted by atomic mass is 10.2. The normalized spacial score (nSPS) is 12.4. The Balaban J connectivity index is 2.07. The van der Waals surface area contributed by atoms with Crippen LogP contribution in [0.2, 0.25) is 5.02 Å². The van der Waals surface area contributed by atoms with E-state index in [4.69, 9.17) is 21.1 Å². The molecule has 0 fully saturated rings. The summed E-state index contributed by atoms with van der Waals surface area (Å²) in [5.74, 6) is -0.134. The van der Waals surface area contributed by atoms with Crippen LogP contribution in [-0.2, 0) is 6.18 Å². The van der Waals surface area contributed by atoms with Crippen molar-refractivity contribution in [2.24, 2.45) is 0 Å². The molecule has 6 nitrogen and oxygen atoms in total. The molecule has 1 atom stereocenters. The van der Waals surface area contributed by atoms with E-state index in [1.165, 1.54) is 24.1 Å². The number of carbonyl (C=O) groups is 1. The molecule has 0 aliphatic rings. The second-order valence-corrected chi connectivity index (χ2v) is 6.23. The summed E-state index contributed by atoms with van der Waals surface area (Å²) in [7, 11) is 1.43. The number of methoxy groups -OCH3 is 1. The van der Waals surface area contributed by atoms with E-state index in [0.717, 1.165) is 12.1 Å². The average Bonchev–Trinajstić information content (AvgIpc) is 2.66. The fourth-order valence-electron chi connectivity index (χ4n) is 2.41. The van der Waals surface area contributed by atoms with Crippen LogP contribution in [0.4, 0.5) is 13.2 Å². The molecule has 0 aromatic carbocycles. The highest BCUT2D eigenvalue weighted by molar-refractivity contribution is 6.33. The molecule has 0 aliphatic carbocycles. The van der Waals surface area contributed by atoms with Crippen molar-refractivity contribution in [2.75, 3.05) is 20.3 Å². The Morgan fingerprint density at radius 2 is 1.93 bits per heavy atom. The number of aromatic nitrogens is 2. The Labute approximate surface area is 165 Å². The summed E-state index contributed by atoms with van der Waals surface area (Å²) in [5, 5.41) is 0.182. The van der Waals surface area contributed by atoms with Gasteiger partial charge in [-0.3, -0.25) is 4.79 Å². The van der Waals surface area contributed by atoms with E-state index in [0.29, 0.717) is 12.7 Å². The van der Waals surface area contributed by atoms with Crippen LogP contribution in [-0.4, -0.2) is 47.1 Å².